The Morgan fingerprint density at radius 1 is 1.33 bits per heavy atom. The Balaban J connectivity index is 1.54. The first-order chi connectivity index (χ1) is 11.7. The number of hydrogen-bond donors (Lipinski definition) is 1. The molecule has 0 unspecified atom stereocenters. The fraction of sp³-hybridized carbons (Fsp3) is 0.353. The summed E-state index contributed by atoms with van der Waals surface area (Å²) in [6, 6.07) is 9.75. The predicted molar refractivity (Wildman–Crippen MR) is 95.6 cm³/mol. The standard InChI is InChI=1S/C17H20N4O2S/c1-13(14-5-3-2-4-6-14)19-20-16(22)11-15-12-24-17(18-15)21-7-9-23-10-8-21/h2-6,12H,7-11H2,1H3,(H,20,22)/b19-13-. The van der Waals surface area contributed by atoms with Crippen molar-refractivity contribution in [3.8, 4) is 0 Å². The van der Waals surface area contributed by atoms with Crippen LogP contribution in [-0.4, -0.2) is 42.9 Å². The second kappa shape index (κ2) is 8.03. The van der Waals surface area contributed by atoms with Crippen molar-refractivity contribution in [2.45, 2.75) is 13.3 Å². The molecular formula is C17H20N4O2S. The number of hydrazone groups is 1. The van der Waals surface area contributed by atoms with Gasteiger partial charge in [-0.2, -0.15) is 5.10 Å². The number of carbonyl (C=O) groups is 1. The van der Waals surface area contributed by atoms with E-state index in [-0.39, 0.29) is 12.3 Å². The molecule has 1 fully saturated rings. The number of thiazole rings is 1. The minimum atomic E-state index is -0.163. The topological polar surface area (TPSA) is 66.8 Å². The number of rotatable bonds is 5. The lowest BCUT2D eigenvalue weighted by Crippen LogP contribution is -2.36. The number of morpholine rings is 1. The van der Waals surface area contributed by atoms with E-state index in [0.717, 1.165) is 48.4 Å². The Morgan fingerprint density at radius 3 is 2.83 bits per heavy atom. The van der Waals surface area contributed by atoms with Gasteiger partial charge in [-0.15, -0.1) is 11.3 Å². The van der Waals surface area contributed by atoms with Crippen LogP contribution < -0.4 is 10.3 Å². The summed E-state index contributed by atoms with van der Waals surface area (Å²) in [5.74, 6) is -0.163. The second-order valence-electron chi connectivity index (χ2n) is 5.50. The summed E-state index contributed by atoms with van der Waals surface area (Å²) in [5, 5.41) is 7.03. The Kier molecular flexibility index (Phi) is 5.55. The highest BCUT2D eigenvalue weighted by Crippen LogP contribution is 2.21. The molecule has 0 saturated carbocycles. The van der Waals surface area contributed by atoms with Crippen LogP contribution in [0.2, 0.25) is 0 Å². The summed E-state index contributed by atoms with van der Waals surface area (Å²) < 4.78 is 5.34. The number of amides is 1. The van der Waals surface area contributed by atoms with E-state index >= 15 is 0 Å². The third-order valence-electron chi connectivity index (χ3n) is 3.70. The summed E-state index contributed by atoms with van der Waals surface area (Å²) in [4.78, 5) is 18.8. The molecule has 0 spiro atoms. The molecule has 3 rings (SSSR count). The van der Waals surface area contributed by atoms with Gasteiger partial charge in [0.2, 0.25) is 5.91 Å². The number of nitrogens with zero attached hydrogens (tertiary/aromatic N) is 3. The first-order valence-electron chi connectivity index (χ1n) is 7.88. The van der Waals surface area contributed by atoms with Gasteiger partial charge in [0.25, 0.3) is 0 Å². The van der Waals surface area contributed by atoms with Gasteiger partial charge in [-0.1, -0.05) is 30.3 Å². The number of aromatic nitrogens is 1. The third kappa shape index (κ3) is 4.39. The zero-order chi connectivity index (χ0) is 16.8. The maximum Gasteiger partial charge on any atom is 0.246 e. The van der Waals surface area contributed by atoms with Crippen LogP contribution in [-0.2, 0) is 16.0 Å². The summed E-state index contributed by atoms with van der Waals surface area (Å²) in [7, 11) is 0. The molecule has 126 valence electrons. The van der Waals surface area contributed by atoms with Gasteiger partial charge in [0.15, 0.2) is 5.13 Å². The molecule has 1 aliphatic rings. The van der Waals surface area contributed by atoms with Gasteiger partial charge in [-0.05, 0) is 12.5 Å². The normalized spacial score (nSPS) is 15.4. The van der Waals surface area contributed by atoms with Crippen LogP contribution in [0.15, 0.2) is 40.8 Å². The summed E-state index contributed by atoms with van der Waals surface area (Å²) in [6.45, 7) is 5.01. The molecule has 1 saturated heterocycles. The Hall–Kier alpha value is -2.25. The minimum absolute atomic E-state index is 0.163. The molecule has 1 aromatic carbocycles. The molecule has 2 heterocycles. The maximum atomic E-state index is 12.0. The van der Waals surface area contributed by atoms with E-state index in [1.54, 1.807) is 11.3 Å². The maximum absolute atomic E-state index is 12.0. The van der Waals surface area contributed by atoms with Crippen LogP contribution >= 0.6 is 11.3 Å². The van der Waals surface area contributed by atoms with Crippen molar-refractivity contribution in [1.29, 1.82) is 0 Å². The summed E-state index contributed by atoms with van der Waals surface area (Å²) in [5.41, 5.74) is 5.13. The number of anilines is 1. The molecule has 6 nitrogen and oxygen atoms in total. The van der Waals surface area contributed by atoms with Crippen LogP contribution in [0.5, 0.6) is 0 Å². The minimum Gasteiger partial charge on any atom is -0.378 e. The monoisotopic (exact) mass is 344 g/mol. The molecule has 1 aromatic heterocycles. The van der Waals surface area contributed by atoms with Gasteiger partial charge in [-0.3, -0.25) is 4.79 Å². The summed E-state index contributed by atoms with van der Waals surface area (Å²) >= 11 is 1.56. The van der Waals surface area contributed by atoms with Crippen molar-refractivity contribution in [3.05, 3.63) is 47.0 Å². The lowest BCUT2D eigenvalue weighted by atomic mass is 10.1. The smallest absolute Gasteiger partial charge is 0.246 e. The van der Waals surface area contributed by atoms with E-state index in [1.165, 1.54) is 0 Å². The number of carbonyl (C=O) groups excluding carboxylic acids is 1. The summed E-state index contributed by atoms with van der Waals surface area (Å²) in [6.07, 6.45) is 0.229. The molecule has 0 atom stereocenters. The van der Waals surface area contributed by atoms with Crippen LogP contribution in [0.25, 0.3) is 0 Å². The molecule has 24 heavy (non-hydrogen) atoms. The highest BCUT2D eigenvalue weighted by atomic mass is 32.1. The van der Waals surface area contributed by atoms with Crippen molar-refractivity contribution in [1.82, 2.24) is 10.4 Å². The molecule has 1 aliphatic heterocycles. The van der Waals surface area contributed by atoms with Gasteiger partial charge in [0.05, 0.1) is 31.0 Å². The largest absolute Gasteiger partial charge is 0.378 e. The fourth-order valence-corrected chi connectivity index (χ4v) is 3.25. The highest BCUT2D eigenvalue weighted by Gasteiger charge is 2.15. The van der Waals surface area contributed by atoms with Crippen LogP contribution in [0.3, 0.4) is 0 Å². The first-order valence-corrected chi connectivity index (χ1v) is 8.76. The van der Waals surface area contributed by atoms with Gasteiger partial charge >= 0.3 is 0 Å². The van der Waals surface area contributed by atoms with E-state index in [0.29, 0.717) is 0 Å². The number of hydrogen-bond acceptors (Lipinski definition) is 6. The lowest BCUT2D eigenvalue weighted by Gasteiger charge is -2.26. The molecule has 2 aromatic rings. The molecular weight excluding hydrogens is 324 g/mol. The van der Waals surface area contributed by atoms with Gasteiger partial charge in [0, 0.05) is 18.5 Å². The van der Waals surface area contributed by atoms with E-state index in [1.807, 2.05) is 42.6 Å². The van der Waals surface area contributed by atoms with Crippen molar-refractivity contribution in [3.63, 3.8) is 0 Å². The van der Waals surface area contributed by atoms with Crippen molar-refractivity contribution < 1.29 is 9.53 Å². The second-order valence-corrected chi connectivity index (χ2v) is 6.33. The van der Waals surface area contributed by atoms with E-state index < -0.39 is 0 Å². The van der Waals surface area contributed by atoms with Gasteiger partial charge < -0.3 is 9.64 Å². The predicted octanol–water partition coefficient (Wildman–Crippen LogP) is 2.06. The van der Waals surface area contributed by atoms with E-state index in [4.69, 9.17) is 4.74 Å². The Bertz CT molecular complexity index is 708. The number of ether oxygens (including phenoxy) is 1. The van der Waals surface area contributed by atoms with Crippen molar-refractivity contribution in [2.75, 3.05) is 31.2 Å². The third-order valence-corrected chi connectivity index (χ3v) is 4.65. The van der Waals surface area contributed by atoms with Crippen LogP contribution in [0.1, 0.15) is 18.2 Å². The molecule has 0 aliphatic carbocycles. The molecule has 1 N–H and O–H groups in total. The van der Waals surface area contributed by atoms with Crippen LogP contribution in [0, 0.1) is 0 Å². The van der Waals surface area contributed by atoms with E-state index in [9.17, 15) is 4.79 Å². The number of nitrogens with one attached hydrogen (secondary N) is 1. The molecule has 1 amide bonds. The van der Waals surface area contributed by atoms with Crippen molar-refractivity contribution >= 4 is 28.1 Å². The molecule has 7 heteroatoms. The zero-order valence-corrected chi connectivity index (χ0v) is 14.4. The average molecular weight is 344 g/mol. The lowest BCUT2D eigenvalue weighted by molar-refractivity contribution is -0.120. The van der Waals surface area contributed by atoms with Gasteiger partial charge in [-0.25, -0.2) is 10.4 Å². The Morgan fingerprint density at radius 2 is 2.08 bits per heavy atom. The van der Waals surface area contributed by atoms with E-state index in [2.05, 4.69) is 20.4 Å². The quantitative estimate of drug-likeness (QED) is 0.666. The van der Waals surface area contributed by atoms with Crippen LogP contribution in [0.4, 0.5) is 5.13 Å². The SMILES string of the molecule is C/C(=N/NC(=O)Cc1csc(N2CCOCC2)n1)c1ccccc1. The molecule has 0 bridgehead atoms. The number of benzene rings is 1. The Labute approximate surface area is 145 Å². The first kappa shape index (κ1) is 16.6. The fourth-order valence-electron chi connectivity index (χ4n) is 2.37. The van der Waals surface area contributed by atoms with Gasteiger partial charge in [0.1, 0.15) is 0 Å². The van der Waals surface area contributed by atoms with Crippen molar-refractivity contribution in [2.24, 2.45) is 5.10 Å². The molecule has 0 radical (unpaired) electrons. The average Bonchev–Trinajstić information content (AvgIpc) is 3.09. The highest BCUT2D eigenvalue weighted by molar-refractivity contribution is 7.13. The zero-order valence-electron chi connectivity index (χ0n) is 13.6.